The highest BCUT2D eigenvalue weighted by Crippen LogP contribution is 2.32. The molecule has 0 bridgehead atoms. The summed E-state index contributed by atoms with van der Waals surface area (Å²) in [4.78, 5) is 4.51. The molecule has 1 aromatic rings. The number of nitrogens with one attached hydrogen (secondary N) is 1. The molecule has 2 unspecified atom stereocenters. The van der Waals surface area contributed by atoms with Crippen LogP contribution in [0.2, 0.25) is 0 Å². The summed E-state index contributed by atoms with van der Waals surface area (Å²) >= 11 is 0. The topological polar surface area (TPSA) is 51.0 Å². The van der Waals surface area contributed by atoms with E-state index < -0.39 is 0 Å². The highest BCUT2D eigenvalue weighted by atomic mass is 16.5. The van der Waals surface area contributed by atoms with E-state index in [1.807, 2.05) is 0 Å². The number of hydrogen-bond acceptors (Lipinski definition) is 4. The van der Waals surface area contributed by atoms with Crippen molar-refractivity contribution in [1.82, 2.24) is 15.5 Å². The van der Waals surface area contributed by atoms with Gasteiger partial charge in [-0.1, -0.05) is 5.16 Å². The Morgan fingerprint density at radius 2 is 2.27 bits per heavy atom. The van der Waals surface area contributed by atoms with Gasteiger partial charge in [-0.05, 0) is 38.6 Å². The van der Waals surface area contributed by atoms with Gasteiger partial charge in [0.05, 0.1) is 5.92 Å². The molecule has 4 nitrogen and oxygen atoms in total. The van der Waals surface area contributed by atoms with E-state index in [1.165, 1.54) is 12.8 Å². The van der Waals surface area contributed by atoms with Crippen molar-refractivity contribution in [2.75, 3.05) is 6.54 Å². The van der Waals surface area contributed by atoms with Crippen LogP contribution in [0.1, 0.15) is 43.8 Å². The van der Waals surface area contributed by atoms with Crippen LogP contribution in [-0.2, 0) is 6.42 Å². The van der Waals surface area contributed by atoms with Crippen LogP contribution in [-0.4, -0.2) is 22.7 Å². The van der Waals surface area contributed by atoms with Crippen molar-refractivity contribution < 1.29 is 4.52 Å². The Bertz CT molecular complexity index is 345. The molecule has 2 atom stereocenters. The summed E-state index contributed by atoms with van der Waals surface area (Å²) in [5.74, 6) is 3.00. The molecule has 2 fully saturated rings. The third kappa shape index (κ3) is 1.91. The fourth-order valence-corrected chi connectivity index (χ4v) is 2.28. The van der Waals surface area contributed by atoms with Crippen LogP contribution in [0.4, 0.5) is 0 Å². The van der Waals surface area contributed by atoms with Gasteiger partial charge in [0.2, 0.25) is 5.89 Å². The lowest BCUT2D eigenvalue weighted by atomic mass is 10.0. The molecule has 0 amide bonds. The molecule has 1 N–H and O–H groups in total. The Morgan fingerprint density at radius 3 is 2.93 bits per heavy atom. The second-order valence-electron chi connectivity index (χ2n) is 4.83. The highest BCUT2D eigenvalue weighted by Gasteiger charge is 2.30. The van der Waals surface area contributed by atoms with E-state index >= 15 is 0 Å². The first-order valence-corrected chi connectivity index (χ1v) is 5.89. The molecule has 1 saturated carbocycles. The van der Waals surface area contributed by atoms with Crippen molar-refractivity contribution in [2.45, 2.75) is 44.6 Å². The minimum absolute atomic E-state index is 0.422. The predicted molar refractivity (Wildman–Crippen MR) is 55.5 cm³/mol. The Morgan fingerprint density at radius 1 is 1.40 bits per heavy atom. The molecule has 0 spiro atoms. The van der Waals surface area contributed by atoms with Crippen LogP contribution in [0, 0.1) is 5.92 Å². The molecular formula is C11H17N3O. The molecule has 0 aromatic carbocycles. The molecule has 2 heterocycles. The monoisotopic (exact) mass is 207 g/mol. The Hall–Kier alpha value is -0.900. The van der Waals surface area contributed by atoms with E-state index in [4.69, 9.17) is 4.52 Å². The van der Waals surface area contributed by atoms with Crippen molar-refractivity contribution in [3.8, 4) is 0 Å². The zero-order chi connectivity index (χ0) is 10.3. The average molecular weight is 207 g/mol. The Kier molecular flexibility index (Phi) is 2.24. The quantitative estimate of drug-likeness (QED) is 0.815. The number of nitrogens with zero attached hydrogens (tertiary/aromatic N) is 2. The number of aromatic nitrogens is 2. The number of rotatable bonds is 3. The zero-order valence-corrected chi connectivity index (χ0v) is 9.07. The molecule has 1 aromatic heterocycles. The Labute approximate surface area is 89.4 Å². The van der Waals surface area contributed by atoms with Gasteiger partial charge in [-0.25, -0.2) is 0 Å². The van der Waals surface area contributed by atoms with Crippen molar-refractivity contribution in [3.05, 3.63) is 11.7 Å². The van der Waals surface area contributed by atoms with Crippen LogP contribution in [0.3, 0.4) is 0 Å². The maximum atomic E-state index is 5.35. The standard InChI is InChI=1S/C11H17N3O/c1-7-9(4-5-12-7)11-13-10(14-15-11)6-8-2-3-8/h7-9,12H,2-6H2,1H3. The van der Waals surface area contributed by atoms with Crippen LogP contribution >= 0.6 is 0 Å². The SMILES string of the molecule is CC1NCCC1c1nc(CC2CC2)no1. The molecule has 15 heavy (non-hydrogen) atoms. The summed E-state index contributed by atoms with van der Waals surface area (Å²) in [6.45, 7) is 3.24. The smallest absolute Gasteiger partial charge is 0.231 e. The molecular weight excluding hydrogens is 190 g/mol. The normalized spacial score (nSPS) is 31.0. The minimum atomic E-state index is 0.422. The van der Waals surface area contributed by atoms with E-state index in [0.717, 1.165) is 37.0 Å². The van der Waals surface area contributed by atoms with Gasteiger partial charge >= 0.3 is 0 Å². The van der Waals surface area contributed by atoms with Gasteiger partial charge in [0.1, 0.15) is 0 Å². The Balaban J connectivity index is 1.71. The van der Waals surface area contributed by atoms with E-state index in [1.54, 1.807) is 0 Å². The van der Waals surface area contributed by atoms with Crippen LogP contribution in [0.25, 0.3) is 0 Å². The van der Waals surface area contributed by atoms with Gasteiger partial charge in [0.15, 0.2) is 5.82 Å². The molecule has 1 aliphatic heterocycles. The van der Waals surface area contributed by atoms with Gasteiger partial charge in [-0.15, -0.1) is 0 Å². The second kappa shape index (κ2) is 3.59. The van der Waals surface area contributed by atoms with Crippen LogP contribution in [0.15, 0.2) is 4.52 Å². The first kappa shape index (κ1) is 9.33. The summed E-state index contributed by atoms with van der Waals surface area (Å²) < 4.78 is 5.35. The molecule has 82 valence electrons. The van der Waals surface area contributed by atoms with E-state index in [9.17, 15) is 0 Å². The fraction of sp³-hybridized carbons (Fsp3) is 0.818. The third-order valence-corrected chi connectivity index (χ3v) is 3.49. The maximum Gasteiger partial charge on any atom is 0.231 e. The predicted octanol–water partition coefficient (Wildman–Crippen LogP) is 1.49. The van der Waals surface area contributed by atoms with Gasteiger partial charge in [0.25, 0.3) is 0 Å². The molecule has 2 aliphatic rings. The first-order valence-electron chi connectivity index (χ1n) is 5.89. The second-order valence-corrected chi connectivity index (χ2v) is 4.83. The minimum Gasteiger partial charge on any atom is -0.339 e. The van der Waals surface area contributed by atoms with E-state index in [2.05, 4.69) is 22.4 Å². The lowest BCUT2D eigenvalue weighted by Crippen LogP contribution is -2.21. The number of hydrogen-bond donors (Lipinski definition) is 1. The largest absolute Gasteiger partial charge is 0.339 e. The van der Waals surface area contributed by atoms with Gasteiger partial charge < -0.3 is 9.84 Å². The lowest BCUT2D eigenvalue weighted by Gasteiger charge is -2.08. The van der Waals surface area contributed by atoms with Crippen LogP contribution < -0.4 is 5.32 Å². The van der Waals surface area contributed by atoms with Crippen molar-refractivity contribution in [3.63, 3.8) is 0 Å². The van der Waals surface area contributed by atoms with Crippen LogP contribution in [0.5, 0.6) is 0 Å². The van der Waals surface area contributed by atoms with Crippen molar-refractivity contribution in [1.29, 1.82) is 0 Å². The average Bonchev–Trinajstić information content (AvgIpc) is 2.74. The molecule has 1 saturated heterocycles. The summed E-state index contributed by atoms with van der Waals surface area (Å²) in [6, 6.07) is 0.472. The summed E-state index contributed by atoms with van der Waals surface area (Å²) in [5, 5.41) is 7.46. The van der Waals surface area contributed by atoms with E-state index in [0.29, 0.717) is 12.0 Å². The lowest BCUT2D eigenvalue weighted by molar-refractivity contribution is 0.341. The van der Waals surface area contributed by atoms with Gasteiger partial charge in [-0.3, -0.25) is 0 Å². The molecule has 1 aliphatic carbocycles. The first-order chi connectivity index (χ1) is 7.33. The van der Waals surface area contributed by atoms with Gasteiger partial charge in [-0.2, -0.15) is 4.98 Å². The summed E-state index contributed by atoms with van der Waals surface area (Å²) in [5.41, 5.74) is 0. The third-order valence-electron chi connectivity index (χ3n) is 3.49. The summed E-state index contributed by atoms with van der Waals surface area (Å²) in [7, 11) is 0. The molecule has 4 heteroatoms. The molecule has 0 radical (unpaired) electrons. The maximum absolute atomic E-state index is 5.35. The fourth-order valence-electron chi connectivity index (χ4n) is 2.28. The zero-order valence-electron chi connectivity index (χ0n) is 9.07. The van der Waals surface area contributed by atoms with Gasteiger partial charge in [0, 0.05) is 12.5 Å². The van der Waals surface area contributed by atoms with Crippen molar-refractivity contribution in [2.24, 2.45) is 5.92 Å². The van der Waals surface area contributed by atoms with Crippen molar-refractivity contribution >= 4 is 0 Å². The molecule has 3 rings (SSSR count). The highest BCUT2D eigenvalue weighted by molar-refractivity contribution is 5.02. The summed E-state index contributed by atoms with van der Waals surface area (Å²) in [6.07, 6.45) is 4.81. The van der Waals surface area contributed by atoms with E-state index in [-0.39, 0.29) is 0 Å².